The van der Waals surface area contributed by atoms with Gasteiger partial charge in [-0.25, -0.2) is 9.37 Å². The van der Waals surface area contributed by atoms with Crippen LogP contribution in [-0.4, -0.2) is 9.55 Å². The average Bonchev–Trinajstić information content (AvgIpc) is 2.64. The molecule has 0 fully saturated rings. The number of hydrogen-bond donors (Lipinski definition) is 1. The van der Waals surface area contributed by atoms with Crippen molar-refractivity contribution in [3.05, 3.63) is 53.4 Å². The highest BCUT2D eigenvalue weighted by Gasteiger charge is 2.14. The molecule has 1 atom stereocenters. The van der Waals surface area contributed by atoms with Gasteiger partial charge in [0, 0.05) is 37.5 Å². The Labute approximate surface area is 100 Å². The van der Waals surface area contributed by atoms with E-state index in [4.69, 9.17) is 5.73 Å². The molecular formula is C13H16FN3. The molecule has 90 valence electrons. The summed E-state index contributed by atoms with van der Waals surface area (Å²) in [4.78, 5) is 4.19. The smallest absolute Gasteiger partial charge is 0.128 e. The number of rotatable bonds is 3. The second-order valence-electron chi connectivity index (χ2n) is 4.29. The van der Waals surface area contributed by atoms with E-state index in [2.05, 4.69) is 4.98 Å². The van der Waals surface area contributed by atoms with Gasteiger partial charge in [0.05, 0.1) is 0 Å². The van der Waals surface area contributed by atoms with Gasteiger partial charge in [0.25, 0.3) is 0 Å². The normalized spacial score (nSPS) is 12.7. The van der Waals surface area contributed by atoms with Gasteiger partial charge < -0.3 is 10.3 Å². The second kappa shape index (κ2) is 4.67. The Morgan fingerprint density at radius 2 is 2.24 bits per heavy atom. The van der Waals surface area contributed by atoms with E-state index in [1.165, 1.54) is 6.07 Å². The van der Waals surface area contributed by atoms with Crippen LogP contribution in [0.4, 0.5) is 4.39 Å². The monoisotopic (exact) mass is 233 g/mol. The van der Waals surface area contributed by atoms with Crippen molar-refractivity contribution in [2.75, 3.05) is 0 Å². The summed E-state index contributed by atoms with van der Waals surface area (Å²) in [5.74, 6) is 0.615. The van der Waals surface area contributed by atoms with Gasteiger partial charge in [0.1, 0.15) is 11.6 Å². The van der Waals surface area contributed by atoms with E-state index in [-0.39, 0.29) is 11.9 Å². The summed E-state index contributed by atoms with van der Waals surface area (Å²) in [6, 6.07) is 4.76. The zero-order valence-corrected chi connectivity index (χ0v) is 10.0. The number of hydrogen-bond acceptors (Lipinski definition) is 2. The third kappa shape index (κ3) is 2.53. The third-order valence-electron chi connectivity index (χ3n) is 2.88. The predicted molar refractivity (Wildman–Crippen MR) is 65.0 cm³/mol. The quantitative estimate of drug-likeness (QED) is 0.882. The molecule has 1 aromatic carbocycles. The number of aryl methyl sites for hydroxylation is 2. The number of nitrogens with zero attached hydrogens (tertiary/aromatic N) is 2. The first kappa shape index (κ1) is 11.8. The topological polar surface area (TPSA) is 43.8 Å². The number of benzene rings is 1. The Balaban J connectivity index is 2.20. The lowest BCUT2D eigenvalue weighted by Gasteiger charge is -2.13. The largest absolute Gasteiger partial charge is 0.338 e. The molecule has 0 spiro atoms. The van der Waals surface area contributed by atoms with Gasteiger partial charge in [-0.15, -0.1) is 0 Å². The maximum Gasteiger partial charge on any atom is 0.128 e. The first-order chi connectivity index (χ1) is 8.08. The summed E-state index contributed by atoms with van der Waals surface area (Å²) in [6.45, 7) is 1.86. The standard InChI is InChI=1S/C13H16FN3/c1-9-3-4-10(11(14)7-9)12(15)8-13-16-5-6-17(13)2/h3-7,12H,8,15H2,1-2H3. The fourth-order valence-electron chi connectivity index (χ4n) is 1.83. The molecule has 1 unspecified atom stereocenters. The number of nitrogens with two attached hydrogens (primary N) is 1. The van der Waals surface area contributed by atoms with Gasteiger partial charge in [-0.1, -0.05) is 12.1 Å². The minimum absolute atomic E-state index is 0.244. The van der Waals surface area contributed by atoms with Crippen molar-refractivity contribution in [3.8, 4) is 0 Å². The number of aromatic nitrogens is 2. The van der Waals surface area contributed by atoms with E-state index in [0.29, 0.717) is 12.0 Å². The van der Waals surface area contributed by atoms with Gasteiger partial charge in [0.2, 0.25) is 0 Å². The molecule has 2 aromatic rings. The lowest BCUT2D eigenvalue weighted by atomic mass is 10.0. The minimum Gasteiger partial charge on any atom is -0.338 e. The van der Waals surface area contributed by atoms with E-state index >= 15 is 0 Å². The third-order valence-corrected chi connectivity index (χ3v) is 2.88. The van der Waals surface area contributed by atoms with Crippen LogP contribution < -0.4 is 5.73 Å². The molecule has 4 heteroatoms. The van der Waals surface area contributed by atoms with Crippen LogP contribution in [0.3, 0.4) is 0 Å². The van der Waals surface area contributed by atoms with Crippen LogP contribution in [0.25, 0.3) is 0 Å². The summed E-state index contributed by atoms with van der Waals surface area (Å²) in [7, 11) is 1.90. The zero-order valence-electron chi connectivity index (χ0n) is 10.0. The van der Waals surface area contributed by atoms with E-state index in [9.17, 15) is 4.39 Å². The fraction of sp³-hybridized carbons (Fsp3) is 0.308. The van der Waals surface area contributed by atoms with Crippen LogP contribution in [0.2, 0.25) is 0 Å². The maximum absolute atomic E-state index is 13.7. The SMILES string of the molecule is Cc1ccc(C(N)Cc2nccn2C)c(F)c1. The number of imidazole rings is 1. The zero-order chi connectivity index (χ0) is 12.4. The lowest BCUT2D eigenvalue weighted by molar-refractivity contribution is 0.569. The molecule has 1 heterocycles. The molecule has 0 saturated carbocycles. The highest BCUT2D eigenvalue weighted by molar-refractivity contribution is 5.26. The molecule has 17 heavy (non-hydrogen) atoms. The molecule has 0 amide bonds. The molecule has 0 bridgehead atoms. The molecule has 2 rings (SSSR count). The average molecular weight is 233 g/mol. The molecule has 1 aromatic heterocycles. The van der Waals surface area contributed by atoms with Crippen molar-refractivity contribution >= 4 is 0 Å². The fourth-order valence-corrected chi connectivity index (χ4v) is 1.83. The molecule has 0 radical (unpaired) electrons. The lowest BCUT2D eigenvalue weighted by Crippen LogP contribution is -2.17. The Bertz CT molecular complexity index is 519. The molecule has 0 aliphatic heterocycles. The predicted octanol–water partition coefficient (Wildman–Crippen LogP) is 2.11. The van der Waals surface area contributed by atoms with Crippen molar-refractivity contribution in [1.82, 2.24) is 9.55 Å². The summed E-state index contributed by atoms with van der Waals surface area (Å²) < 4.78 is 15.6. The van der Waals surface area contributed by atoms with Crippen molar-refractivity contribution in [2.24, 2.45) is 12.8 Å². The molecule has 0 aliphatic rings. The van der Waals surface area contributed by atoms with Gasteiger partial charge in [-0.05, 0) is 18.6 Å². The van der Waals surface area contributed by atoms with Crippen molar-refractivity contribution in [1.29, 1.82) is 0 Å². The molecule has 2 N–H and O–H groups in total. The minimum atomic E-state index is -0.364. The Morgan fingerprint density at radius 1 is 1.47 bits per heavy atom. The highest BCUT2D eigenvalue weighted by Crippen LogP contribution is 2.19. The van der Waals surface area contributed by atoms with Crippen LogP contribution >= 0.6 is 0 Å². The van der Waals surface area contributed by atoms with Crippen molar-refractivity contribution < 1.29 is 4.39 Å². The van der Waals surface area contributed by atoms with E-state index in [0.717, 1.165) is 11.4 Å². The van der Waals surface area contributed by atoms with E-state index < -0.39 is 0 Å². The summed E-state index contributed by atoms with van der Waals surface area (Å²) in [5.41, 5.74) is 7.45. The summed E-state index contributed by atoms with van der Waals surface area (Å²) in [5, 5.41) is 0. The van der Waals surface area contributed by atoms with Crippen LogP contribution in [0.1, 0.15) is 23.0 Å². The second-order valence-corrected chi connectivity index (χ2v) is 4.29. The molecular weight excluding hydrogens is 217 g/mol. The van der Waals surface area contributed by atoms with Crippen LogP contribution in [0, 0.1) is 12.7 Å². The summed E-state index contributed by atoms with van der Waals surface area (Å²) in [6.07, 6.45) is 4.10. The molecule has 0 saturated heterocycles. The summed E-state index contributed by atoms with van der Waals surface area (Å²) >= 11 is 0. The van der Waals surface area contributed by atoms with Gasteiger partial charge >= 0.3 is 0 Å². The maximum atomic E-state index is 13.7. The van der Waals surface area contributed by atoms with Gasteiger partial charge in [-0.2, -0.15) is 0 Å². The van der Waals surface area contributed by atoms with Crippen LogP contribution in [0.5, 0.6) is 0 Å². The van der Waals surface area contributed by atoms with E-state index in [1.807, 2.05) is 30.8 Å². The molecule has 3 nitrogen and oxygen atoms in total. The first-order valence-corrected chi connectivity index (χ1v) is 5.55. The van der Waals surface area contributed by atoms with E-state index in [1.54, 1.807) is 12.3 Å². The number of halogens is 1. The van der Waals surface area contributed by atoms with Crippen LogP contribution in [-0.2, 0) is 13.5 Å². The Morgan fingerprint density at radius 3 is 2.82 bits per heavy atom. The van der Waals surface area contributed by atoms with Gasteiger partial charge in [-0.3, -0.25) is 0 Å². The molecule has 0 aliphatic carbocycles. The van der Waals surface area contributed by atoms with Crippen molar-refractivity contribution in [3.63, 3.8) is 0 Å². The Hall–Kier alpha value is -1.68. The van der Waals surface area contributed by atoms with Gasteiger partial charge in [0.15, 0.2) is 0 Å². The Kier molecular flexibility index (Phi) is 3.24. The van der Waals surface area contributed by atoms with Crippen molar-refractivity contribution in [2.45, 2.75) is 19.4 Å². The highest BCUT2D eigenvalue weighted by atomic mass is 19.1. The first-order valence-electron chi connectivity index (χ1n) is 5.55. The van der Waals surface area contributed by atoms with Crippen LogP contribution in [0.15, 0.2) is 30.6 Å².